The zero-order chi connectivity index (χ0) is 20.9. The second kappa shape index (κ2) is 9.07. The third-order valence-electron chi connectivity index (χ3n) is 4.73. The molecule has 0 unspecified atom stereocenters. The van der Waals surface area contributed by atoms with E-state index in [0.29, 0.717) is 25.3 Å². The van der Waals surface area contributed by atoms with E-state index in [1.165, 1.54) is 16.4 Å². The highest BCUT2D eigenvalue weighted by Crippen LogP contribution is 2.22. The number of piperazine rings is 1. The molecule has 2 aromatic carbocycles. The average Bonchev–Trinajstić information content (AvgIpc) is 2.77. The van der Waals surface area contributed by atoms with E-state index < -0.39 is 10.0 Å². The summed E-state index contributed by atoms with van der Waals surface area (Å²) in [6.45, 7) is 3.61. The molecular formula is C21H23N3O4S. The number of carbonyl (C=O) groups excluding carboxylic acids is 1. The quantitative estimate of drug-likeness (QED) is 0.726. The van der Waals surface area contributed by atoms with Gasteiger partial charge in [-0.15, -0.1) is 0 Å². The minimum absolute atomic E-state index is 0.00458. The number of carbonyl (C=O) groups is 1. The van der Waals surface area contributed by atoms with E-state index in [4.69, 9.17) is 4.74 Å². The normalized spacial score (nSPS) is 15.0. The van der Waals surface area contributed by atoms with Crippen LogP contribution in [0.4, 0.5) is 0 Å². The molecule has 152 valence electrons. The van der Waals surface area contributed by atoms with Gasteiger partial charge in [0.2, 0.25) is 10.0 Å². The second-order valence-electron chi connectivity index (χ2n) is 6.68. The number of hydrogen-bond acceptors (Lipinski definition) is 5. The summed E-state index contributed by atoms with van der Waals surface area (Å²) >= 11 is 0. The highest BCUT2D eigenvalue weighted by atomic mass is 32.2. The molecule has 3 rings (SSSR count). The molecule has 0 aromatic heterocycles. The molecule has 8 heteroatoms. The van der Waals surface area contributed by atoms with Gasteiger partial charge < -0.3 is 9.64 Å². The molecule has 0 N–H and O–H groups in total. The zero-order valence-electron chi connectivity index (χ0n) is 16.2. The van der Waals surface area contributed by atoms with Crippen LogP contribution in [-0.2, 0) is 10.0 Å². The van der Waals surface area contributed by atoms with Crippen LogP contribution < -0.4 is 4.74 Å². The van der Waals surface area contributed by atoms with Crippen LogP contribution in [0.5, 0.6) is 5.75 Å². The van der Waals surface area contributed by atoms with Crippen molar-refractivity contribution < 1.29 is 17.9 Å². The lowest BCUT2D eigenvalue weighted by molar-refractivity contribution is 0.0698. The van der Waals surface area contributed by atoms with E-state index in [0.717, 1.165) is 12.2 Å². The lowest BCUT2D eigenvalue weighted by atomic mass is 10.2. The predicted molar refractivity (Wildman–Crippen MR) is 108 cm³/mol. The molecule has 2 aromatic rings. The van der Waals surface area contributed by atoms with E-state index in [2.05, 4.69) is 0 Å². The molecule has 1 saturated heterocycles. The second-order valence-corrected chi connectivity index (χ2v) is 8.58. The molecule has 0 aliphatic carbocycles. The molecule has 1 aliphatic rings. The monoisotopic (exact) mass is 413 g/mol. The molecule has 1 heterocycles. The fourth-order valence-electron chi connectivity index (χ4n) is 3.15. The number of hydrogen-bond donors (Lipinski definition) is 0. The number of ether oxygens (including phenoxy) is 1. The maximum Gasteiger partial charge on any atom is 0.253 e. The Morgan fingerprint density at radius 1 is 1.07 bits per heavy atom. The molecule has 0 bridgehead atoms. The summed E-state index contributed by atoms with van der Waals surface area (Å²) in [4.78, 5) is 14.4. The molecule has 0 spiro atoms. The zero-order valence-corrected chi connectivity index (χ0v) is 17.1. The molecule has 0 atom stereocenters. The minimum atomic E-state index is -3.78. The summed E-state index contributed by atoms with van der Waals surface area (Å²) < 4.78 is 32.6. The molecule has 0 radical (unpaired) electrons. The first-order chi connectivity index (χ1) is 14.0. The van der Waals surface area contributed by atoms with Crippen LogP contribution in [0.3, 0.4) is 0 Å². The SMILES string of the molecule is CCCOc1ccc(C(=O)N2CCN(S(=O)(=O)c3ccccc3C#N)CC2)cc1. The van der Waals surface area contributed by atoms with Gasteiger partial charge in [-0.2, -0.15) is 9.57 Å². The summed E-state index contributed by atoms with van der Waals surface area (Å²) in [6, 6.07) is 15.1. The molecule has 1 amide bonds. The Morgan fingerprint density at radius 3 is 2.34 bits per heavy atom. The lowest BCUT2D eigenvalue weighted by Gasteiger charge is -2.34. The Labute approximate surface area is 171 Å². The van der Waals surface area contributed by atoms with Gasteiger partial charge in [-0.1, -0.05) is 19.1 Å². The summed E-state index contributed by atoms with van der Waals surface area (Å²) in [7, 11) is -3.78. The third-order valence-corrected chi connectivity index (χ3v) is 6.68. The van der Waals surface area contributed by atoms with Gasteiger partial charge in [-0.25, -0.2) is 8.42 Å². The fraction of sp³-hybridized carbons (Fsp3) is 0.333. The van der Waals surface area contributed by atoms with Gasteiger partial charge in [0.1, 0.15) is 11.8 Å². The first kappa shape index (κ1) is 20.8. The Morgan fingerprint density at radius 2 is 1.72 bits per heavy atom. The third kappa shape index (κ3) is 4.58. The number of nitrogens with zero attached hydrogens (tertiary/aromatic N) is 3. The highest BCUT2D eigenvalue weighted by molar-refractivity contribution is 7.89. The van der Waals surface area contributed by atoms with Gasteiger partial charge in [-0.05, 0) is 42.8 Å². The smallest absolute Gasteiger partial charge is 0.253 e. The van der Waals surface area contributed by atoms with Crippen LogP contribution in [-0.4, -0.2) is 56.3 Å². The van der Waals surface area contributed by atoms with Crippen LogP contribution in [0.25, 0.3) is 0 Å². The lowest BCUT2D eigenvalue weighted by Crippen LogP contribution is -2.50. The largest absolute Gasteiger partial charge is 0.494 e. The first-order valence-corrected chi connectivity index (χ1v) is 10.9. The van der Waals surface area contributed by atoms with Crippen molar-refractivity contribution in [2.75, 3.05) is 32.8 Å². The number of sulfonamides is 1. The van der Waals surface area contributed by atoms with Crippen molar-refractivity contribution >= 4 is 15.9 Å². The Bertz CT molecular complexity index is 1000. The molecule has 7 nitrogen and oxygen atoms in total. The van der Waals surface area contributed by atoms with Gasteiger partial charge in [0.05, 0.1) is 17.1 Å². The Hall–Kier alpha value is -2.89. The van der Waals surface area contributed by atoms with Crippen molar-refractivity contribution in [2.45, 2.75) is 18.2 Å². The van der Waals surface area contributed by atoms with Gasteiger partial charge in [0.25, 0.3) is 5.91 Å². The fourth-order valence-corrected chi connectivity index (χ4v) is 4.72. The van der Waals surface area contributed by atoms with Gasteiger partial charge in [0.15, 0.2) is 0 Å². The molecule has 1 aliphatic heterocycles. The van der Waals surface area contributed by atoms with Crippen LogP contribution >= 0.6 is 0 Å². The van der Waals surface area contributed by atoms with Crippen molar-refractivity contribution in [1.29, 1.82) is 5.26 Å². The van der Waals surface area contributed by atoms with Crippen molar-refractivity contribution in [3.8, 4) is 11.8 Å². The van der Waals surface area contributed by atoms with Crippen LogP contribution in [0.2, 0.25) is 0 Å². The van der Waals surface area contributed by atoms with Crippen molar-refractivity contribution in [3.05, 3.63) is 59.7 Å². The van der Waals surface area contributed by atoms with Gasteiger partial charge >= 0.3 is 0 Å². The average molecular weight is 413 g/mol. The van der Waals surface area contributed by atoms with Crippen molar-refractivity contribution in [2.24, 2.45) is 0 Å². The van der Waals surface area contributed by atoms with E-state index in [1.807, 2.05) is 13.0 Å². The van der Waals surface area contributed by atoms with Gasteiger partial charge in [-0.3, -0.25) is 4.79 Å². The number of benzene rings is 2. The van der Waals surface area contributed by atoms with E-state index >= 15 is 0 Å². The van der Waals surface area contributed by atoms with E-state index in [1.54, 1.807) is 41.3 Å². The molecule has 0 saturated carbocycles. The summed E-state index contributed by atoms with van der Waals surface area (Å²) in [5, 5.41) is 9.19. The number of rotatable bonds is 6. The van der Waals surface area contributed by atoms with Crippen LogP contribution in [0.1, 0.15) is 29.3 Å². The van der Waals surface area contributed by atoms with E-state index in [9.17, 15) is 18.5 Å². The van der Waals surface area contributed by atoms with Crippen molar-refractivity contribution in [3.63, 3.8) is 0 Å². The highest BCUT2D eigenvalue weighted by Gasteiger charge is 2.31. The Kier molecular flexibility index (Phi) is 6.52. The first-order valence-electron chi connectivity index (χ1n) is 9.48. The number of nitriles is 1. The van der Waals surface area contributed by atoms with Crippen LogP contribution in [0.15, 0.2) is 53.4 Å². The molecule has 1 fully saturated rings. The van der Waals surface area contributed by atoms with Crippen LogP contribution in [0, 0.1) is 11.3 Å². The number of amides is 1. The van der Waals surface area contributed by atoms with E-state index in [-0.39, 0.29) is 29.5 Å². The summed E-state index contributed by atoms with van der Waals surface area (Å²) in [5.74, 6) is 0.581. The van der Waals surface area contributed by atoms with Gasteiger partial charge in [0, 0.05) is 31.7 Å². The predicted octanol–water partition coefficient (Wildman–Crippen LogP) is 2.49. The summed E-state index contributed by atoms with van der Waals surface area (Å²) in [6.07, 6.45) is 0.909. The minimum Gasteiger partial charge on any atom is -0.494 e. The maximum atomic E-state index is 12.9. The molecular weight excluding hydrogens is 390 g/mol. The maximum absolute atomic E-state index is 12.9. The topological polar surface area (TPSA) is 90.7 Å². The van der Waals surface area contributed by atoms with Crippen molar-refractivity contribution in [1.82, 2.24) is 9.21 Å². The molecule has 29 heavy (non-hydrogen) atoms. The Balaban J connectivity index is 1.65. The standard InChI is InChI=1S/C21H23N3O4S/c1-2-15-28-19-9-7-17(8-10-19)21(25)23-11-13-24(14-12-23)29(26,27)20-6-4-3-5-18(20)16-22/h3-10H,2,11-15H2,1H3. The summed E-state index contributed by atoms with van der Waals surface area (Å²) in [5.41, 5.74) is 0.663.